The molecule has 0 aliphatic rings. The molecule has 1 rings (SSSR count). The van der Waals surface area contributed by atoms with E-state index >= 15 is 0 Å². The van der Waals surface area contributed by atoms with E-state index in [4.69, 9.17) is 4.74 Å². The Balaban J connectivity index is 2.21. The van der Waals surface area contributed by atoms with Crippen LogP contribution in [0.5, 0.6) is 0 Å². The van der Waals surface area contributed by atoms with Crippen molar-refractivity contribution in [2.45, 2.75) is 78.2 Å². The van der Waals surface area contributed by atoms with Gasteiger partial charge in [-0.1, -0.05) is 82.7 Å². The quantitative estimate of drug-likeness (QED) is 0.269. The monoisotopic (exact) mass is 316 g/mol. The van der Waals surface area contributed by atoms with Crippen LogP contribution in [0.1, 0.15) is 76.3 Å². The Hall–Kier alpha value is -1.57. The second kappa shape index (κ2) is 12.9. The standard InChI is InChI=1S/C21H32O2/c1-3-5-7-8-9-11-12-19-14-16-20(17-15-19)18-23-21(22)13-10-6-4-2/h10,13-17H,3-9,11-12,18H2,1-2H3. The van der Waals surface area contributed by atoms with E-state index in [0.717, 1.165) is 24.8 Å². The van der Waals surface area contributed by atoms with E-state index in [1.165, 1.54) is 50.2 Å². The van der Waals surface area contributed by atoms with Crippen molar-refractivity contribution in [3.63, 3.8) is 0 Å². The lowest BCUT2D eigenvalue weighted by Gasteiger charge is -2.05. The van der Waals surface area contributed by atoms with Gasteiger partial charge in [0.25, 0.3) is 0 Å². The predicted octanol–water partition coefficient (Wildman–Crippen LogP) is 5.99. The molecule has 128 valence electrons. The van der Waals surface area contributed by atoms with E-state index in [0.29, 0.717) is 6.61 Å². The van der Waals surface area contributed by atoms with Crippen molar-refractivity contribution in [2.24, 2.45) is 0 Å². The lowest BCUT2D eigenvalue weighted by Crippen LogP contribution is -2.00. The molecule has 0 saturated carbocycles. The maximum atomic E-state index is 11.5. The molecule has 0 radical (unpaired) electrons. The minimum Gasteiger partial charge on any atom is -0.458 e. The lowest BCUT2D eigenvalue weighted by molar-refractivity contribution is -0.139. The average Bonchev–Trinajstić information content (AvgIpc) is 2.57. The molecular weight excluding hydrogens is 284 g/mol. The number of esters is 1. The highest BCUT2D eigenvalue weighted by molar-refractivity contribution is 5.81. The number of allylic oxidation sites excluding steroid dienone is 1. The van der Waals surface area contributed by atoms with E-state index in [-0.39, 0.29) is 5.97 Å². The number of unbranched alkanes of at least 4 members (excludes halogenated alkanes) is 6. The summed E-state index contributed by atoms with van der Waals surface area (Å²) in [5.74, 6) is -0.255. The van der Waals surface area contributed by atoms with Gasteiger partial charge in [-0.2, -0.15) is 0 Å². The van der Waals surface area contributed by atoms with E-state index in [9.17, 15) is 4.79 Å². The van der Waals surface area contributed by atoms with Crippen LogP contribution < -0.4 is 0 Å². The molecule has 0 unspecified atom stereocenters. The van der Waals surface area contributed by atoms with Crippen LogP contribution in [0.4, 0.5) is 0 Å². The topological polar surface area (TPSA) is 26.3 Å². The average molecular weight is 316 g/mol. The first-order valence-electron chi connectivity index (χ1n) is 9.17. The summed E-state index contributed by atoms with van der Waals surface area (Å²) in [6.45, 7) is 4.69. The van der Waals surface area contributed by atoms with Crippen molar-refractivity contribution >= 4 is 5.97 Å². The molecule has 0 fully saturated rings. The van der Waals surface area contributed by atoms with Crippen LogP contribution in [0.15, 0.2) is 36.4 Å². The third kappa shape index (κ3) is 9.93. The van der Waals surface area contributed by atoms with E-state index < -0.39 is 0 Å². The highest BCUT2D eigenvalue weighted by Gasteiger charge is 2.00. The maximum absolute atomic E-state index is 11.5. The molecule has 0 aliphatic carbocycles. The number of hydrogen-bond donors (Lipinski definition) is 0. The van der Waals surface area contributed by atoms with Gasteiger partial charge in [0, 0.05) is 6.08 Å². The smallest absolute Gasteiger partial charge is 0.330 e. The Morgan fingerprint density at radius 2 is 1.57 bits per heavy atom. The molecular formula is C21H32O2. The number of benzene rings is 1. The minimum atomic E-state index is -0.255. The van der Waals surface area contributed by atoms with Crippen LogP contribution in [0, 0.1) is 0 Å². The highest BCUT2D eigenvalue weighted by Crippen LogP contribution is 2.11. The molecule has 1 aromatic rings. The second-order valence-electron chi connectivity index (χ2n) is 6.13. The van der Waals surface area contributed by atoms with E-state index in [2.05, 4.69) is 38.1 Å². The van der Waals surface area contributed by atoms with Gasteiger partial charge in [-0.15, -0.1) is 0 Å². The molecule has 23 heavy (non-hydrogen) atoms. The van der Waals surface area contributed by atoms with Crippen LogP contribution in [-0.4, -0.2) is 5.97 Å². The third-order valence-corrected chi connectivity index (χ3v) is 3.93. The van der Waals surface area contributed by atoms with Crippen LogP contribution in [0.25, 0.3) is 0 Å². The maximum Gasteiger partial charge on any atom is 0.330 e. The Bertz CT molecular complexity index is 445. The molecule has 0 atom stereocenters. The van der Waals surface area contributed by atoms with Gasteiger partial charge < -0.3 is 4.74 Å². The molecule has 2 heteroatoms. The van der Waals surface area contributed by atoms with Crippen LogP contribution >= 0.6 is 0 Å². The summed E-state index contributed by atoms with van der Waals surface area (Å²) in [6.07, 6.45) is 14.5. The Labute approximate surface area is 141 Å². The molecule has 0 aliphatic heterocycles. The molecule has 0 bridgehead atoms. The fraction of sp³-hybridized carbons (Fsp3) is 0.571. The Morgan fingerprint density at radius 1 is 0.913 bits per heavy atom. The first-order valence-corrected chi connectivity index (χ1v) is 9.17. The zero-order valence-electron chi connectivity index (χ0n) is 14.9. The molecule has 2 nitrogen and oxygen atoms in total. The van der Waals surface area contributed by atoms with Gasteiger partial charge in [0.2, 0.25) is 0 Å². The Morgan fingerprint density at radius 3 is 2.26 bits per heavy atom. The predicted molar refractivity (Wildman–Crippen MR) is 97.4 cm³/mol. The number of carbonyl (C=O) groups is 1. The summed E-state index contributed by atoms with van der Waals surface area (Å²) in [4.78, 5) is 11.5. The normalized spacial score (nSPS) is 11.0. The highest BCUT2D eigenvalue weighted by atomic mass is 16.5. The largest absolute Gasteiger partial charge is 0.458 e. The molecule has 0 N–H and O–H groups in total. The summed E-state index contributed by atoms with van der Waals surface area (Å²) >= 11 is 0. The second-order valence-corrected chi connectivity index (χ2v) is 6.13. The van der Waals surface area contributed by atoms with Gasteiger partial charge >= 0.3 is 5.97 Å². The van der Waals surface area contributed by atoms with Crippen molar-refractivity contribution in [3.8, 4) is 0 Å². The number of ether oxygens (including phenoxy) is 1. The van der Waals surface area contributed by atoms with Gasteiger partial charge in [0.1, 0.15) is 6.61 Å². The SMILES string of the molecule is CCCC=CC(=O)OCc1ccc(CCCCCCCC)cc1. The van der Waals surface area contributed by atoms with Crippen molar-refractivity contribution in [1.29, 1.82) is 0 Å². The van der Waals surface area contributed by atoms with Crippen LogP contribution in [-0.2, 0) is 22.6 Å². The van der Waals surface area contributed by atoms with Gasteiger partial charge in [-0.25, -0.2) is 4.79 Å². The van der Waals surface area contributed by atoms with Crippen LogP contribution in [0.3, 0.4) is 0 Å². The lowest BCUT2D eigenvalue weighted by atomic mass is 10.0. The number of carbonyl (C=O) groups excluding carboxylic acids is 1. The number of rotatable bonds is 12. The first-order chi connectivity index (χ1) is 11.3. The summed E-state index contributed by atoms with van der Waals surface area (Å²) in [5, 5.41) is 0. The first kappa shape index (κ1) is 19.5. The van der Waals surface area contributed by atoms with Crippen molar-refractivity contribution in [2.75, 3.05) is 0 Å². The van der Waals surface area contributed by atoms with E-state index in [1.807, 2.05) is 6.08 Å². The summed E-state index contributed by atoms with van der Waals surface area (Å²) in [6, 6.07) is 8.44. The third-order valence-electron chi connectivity index (χ3n) is 3.93. The van der Waals surface area contributed by atoms with Crippen molar-refractivity contribution in [3.05, 3.63) is 47.5 Å². The van der Waals surface area contributed by atoms with E-state index in [1.54, 1.807) is 0 Å². The fourth-order valence-electron chi connectivity index (χ4n) is 2.46. The van der Waals surface area contributed by atoms with Gasteiger partial charge in [0.15, 0.2) is 0 Å². The molecule has 0 spiro atoms. The molecule has 0 saturated heterocycles. The summed E-state index contributed by atoms with van der Waals surface area (Å²) in [7, 11) is 0. The van der Waals surface area contributed by atoms with Gasteiger partial charge in [-0.3, -0.25) is 0 Å². The van der Waals surface area contributed by atoms with Gasteiger partial charge in [0.05, 0.1) is 0 Å². The molecule has 1 aromatic carbocycles. The minimum absolute atomic E-state index is 0.255. The number of aryl methyl sites for hydroxylation is 1. The molecule has 0 aromatic heterocycles. The van der Waals surface area contributed by atoms with Gasteiger partial charge in [-0.05, 0) is 30.4 Å². The Kier molecular flexibility index (Phi) is 10.9. The number of hydrogen-bond acceptors (Lipinski definition) is 2. The zero-order valence-corrected chi connectivity index (χ0v) is 14.9. The fourth-order valence-corrected chi connectivity index (χ4v) is 2.46. The van der Waals surface area contributed by atoms with Crippen molar-refractivity contribution < 1.29 is 9.53 Å². The zero-order chi connectivity index (χ0) is 16.8. The summed E-state index contributed by atoms with van der Waals surface area (Å²) in [5.41, 5.74) is 2.42. The molecule has 0 amide bonds. The summed E-state index contributed by atoms with van der Waals surface area (Å²) < 4.78 is 5.22. The van der Waals surface area contributed by atoms with Crippen molar-refractivity contribution in [1.82, 2.24) is 0 Å². The molecule has 0 heterocycles. The van der Waals surface area contributed by atoms with Crippen LogP contribution in [0.2, 0.25) is 0 Å².